The average molecular weight is 349 g/mol. The number of benzene rings is 1. The van der Waals surface area contributed by atoms with E-state index in [1.165, 1.54) is 0 Å². The Morgan fingerprint density at radius 3 is 2.14 bits per heavy atom. The highest BCUT2D eigenvalue weighted by molar-refractivity contribution is 6.34. The molecule has 0 atom stereocenters. The zero-order valence-electron chi connectivity index (χ0n) is 12.9. The first-order valence-electron chi connectivity index (χ1n) is 7.02. The summed E-state index contributed by atoms with van der Waals surface area (Å²) in [6, 6.07) is 5.23. The summed E-state index contributed by atoms with van der Waals surface area (Å²) in [5.74, 6) is 0. The van der Waals surface area contributed by atoms with Gasteiger partial charge in [-0.15, -0.1) is 0 Å². The number of rotatable bonds is 9. The Morgan fingerprint density at radius 1 is 1.09 bits per heavy atom. The summed E-state index contributed by atoms with van der Waals surface area (Å²) >= 11 is 11.9. The van der Waals surface area contributed by atoms with Crippen molar-refractivity contribution in [3.05, 3.63) is 33.8 Å². The van der Waals surface area contributed by atoms with Crippen molar-refractivity contribution in [3.63, 3.8) is 0 Å². The molecule has 0 spiro atoms. The zero-order valence-corrected chi connectivity index (χ0v) is 14.4. The van der Waals surface area contributed by atoms with Crippen LogP contribution in [-0.4, -0.2) is 58.0 Å². The first-order valence-corrected chi connectivity index (χ1v) is 7.78. The van der Waals surface area contributed by atoms with Crippen LogP contribution in [0.25, 0.3) is 0 Å². The second-order valence-electron chi connectivity index (χ2n) is 4.73. The maximum atomic E-state index is 12.1. The average Bonchev–Trinajstić information content (AvgIpc) is 2.46. The van der Waals surface area contributed by atoms with E-state index in [9.17, 15) is 4.79 Å². The highest BCUT2D eigenvalue weighted by Crippen LogP contribution is 2.19. The number of nitrogens with zero attached hydrogens (tertiary/aromatic N) is 1. The van der Waals surface area contributed by atoms with Crippen LogP contribution in [0.3, 0.4) is 0 Å². The monoisotopic (exact) mass is 348 g/mol. The van der Waals surface area contributed by atoms with Gasteiger partial charge in [0.15, 0.2) is 0 Å². The Kier molecular flexibility index (Phi) is 9.24. The second kappa shape index (κ2) is 10.7. The molecule has 22 heavy (non-hydrogen) atoms. The molecule has 2 amide bonds. The predicted molar refractivity (Wildman–Crippen MR) is 88.9 cm³/mol. The van der Waals surface area contributed by atoms with E-state index in [1.54, 1.807) is 25.2 Å². The van der Waals surface area contributed by atoms with E-state index in [1.807, 2.05) is 12.1 Å². The molecule has 0 aliphatic carbocycles. The van der Waals surface area contributed by atoms with Crippen molar-refractivity contribution in [1.29, 1.82) is 0 Å². The van der Waals surface area contributed by atoms with E-state index < -0.39 is 0 Å². The summed E-state index contributed by atoms with van der Waals surface area (Å²) < 4.78 is 10.0. The van der Waals surface area contributed by atoms with Crippen molar-refractivity contribution in [3.8, 4) is 0 Å². The van der Waals surface area contributed by atoms with Gasteiger partial charge in [0, 0.05) is 43.9 Å². The van der Waals surface area contributed by atoms with E-state index in [4.69, 9.17) is 32.7 Å². The standard InChI is InChI=1S/C15H22Cl2N2O3/c1-21-7-5-19(6-8-22-2)15(20)18-4-3-12-9-13(16)11-14(17)10-12/h9-11H,3-8H2,1-2H3,(H,18,20). The van der Waals surface area contributed by atoms with Crippen LogP contribution in [0.15, 0.2) is 18.2 Å². The summed E-state index contributed by atoms with van der Waals surface area (Å²) in [5, 5.41) is 4.06. The fraction of sp³-hybridized carbons (Fsp3) is 0.533. The molecule has 1 rings (SSSR count). The Hall–Kier alpha value is -1.01. The fourth-order valence-electron chi connectivity index (χ4n) is 1.90. The Labute approximate surface area is 141 Å². The maximum absolute atomic E-state index is 12.1. The molecule has 7 heteroatoms. The van der Waals surface area contributed by atoms with Crippen LogP contribution < -0.4 is 5.32 Å². The largest absolute Gasteiger partial charge is 0.383 e. The van der Waals surface area contributed by atoms with Crippen molar-refractivity contribution in [2.75, 3.05) is 47.1 Å². The molecule has 1 N–H and O–H groups in total. The molecule has 1 aromatic carbocycles. The summed E-state index contributed by atoms with van der Waals surface area (Å²) in [5.41, 5.74) is 0.984. The van der Waals surface area contributed by atoms with Gasteiger partial charge in [0.1, 0.15) is 0 Å². The van der Waals surface area contributed by atoms with Crippen molar-refractivity contribution in [1.82, 2.24) is 10.2 Å². The van der Waals surface area contributed by atoms with Gasteiger partial charge < -0.3 is 19.7 Å². The van der Waals surface area contributed by atoms with E-state index in [-0.39, 0.29) is 6.03 Å². The summed E-state index contributed by atoms with van der Waals surface area (Å²) in [7, 11) is 3.21. The quantitative estimate of drug-likeness (QED) is 0.746. The molecule has 0 aliphatic heterocycles. The first kappa shape index (κ1) is 19.0. The van der Waals surface area contributed by atoms with Gasteiger partial charge in [-0.3, -0.25) is 0 Å². The first-order chi connectivity index (χ1) is 10.6. The fourth-order valence-corrected chi connectivity index (χ4v) is 2.47. The van der Waals surface area contributed by atoms with Crippen LogP contribution in [0.5, 0.6) is 0 Å². The summed E-state index contributed by atoms with van der Waals surface area (Å²) in [6.45, 7) is 2.53. The van der Waals surface area contributed by atoms with Crippen LogP contribution >= 0.6 is 23.2 Å². The maximum Gasteiger partial charge on any atom is 0.317 e. The SMILES string of the molecule is COCCN(CCOC)C(=O)NCCc1cc(Cl)cc(Cl)c1. The van der Waals surface area contributed by atoms with Gasteiger partial charge in [0.2, 0.25) is 0 Å². The lowest BCUT2D eigenvalue weighted by Crippen LogP contribution is -2.43. The van der Waals surface area contributed by atoms with Gasteiger partial charge in [-0.2, -0.15) is 0 Å². The lowest BCUT2D eigenvalue weighted by atomic mass is 10.1. The van der Waals surface area contributed by atoms with E-state index in [0.717, 1.165) is 5.56 Å². The molecule has 124 valence electrons. The number of hydrogen-bond donors (Lipinski definition) is 1. The Balaban J connectivity index is 2.44. The Bertz CT molecular complexity index is 444. The number of halogens is 2. The lowest BCUT2D eigenvalue weighted by Gasteiger charge is -2.22. The normalized spacial score (nSPS) is 10.5. The number of carbonyl (C=O) groups is 1. The number of urea groups is 1. The molecule has 0 fully saturated rings. The van der Waals surface area contributed by atoms with Crippen molar-refractivity contribution < 1.29 is 14.3 Å². The van der Waals surface area contributed by atoms with E-state index >= 15 is 0 Å². The minimum Gasteiger partial charge on any atom is -0.383 e. The molecule has 0 saturated carbocycles. The highest BCUT2D eigenvalue weighted by atomic mass is 35.5. The predicted octanol–water partition coefficient (Wildman–Crippen LogP) is 2.84. The Morgan fingerprint density at radius 2 is 1.64 bits per heavy atom. The van der Waals surface area contributed by atoms with E-state index in [0.29, 0.717) is 49.3 Å². The molecular weight excluding hydrogens is 327 g/mol. The third-order valence-corrected chi connectivity index (χ3v) is 3.47. The van der Waals surface area contributed by atoms with Crippen LogP contribution in [0.1, 0.15) is 5.56 Å². The van der Waals surface area contributed by atoms with Gasteiger partial charge in [-0.1, -0.05) is 23.2 Å². The van der Waals surface area contributed by atoms with Crippen LogP contribution in [0.2, 0.25) is 10.0 Å². The van der Waals surface area contributed by atoms with Gasteiger partial charge in [0.05, 0.1) is 13.2 Å². The van der Waals surface area contributed by atoms with Crippen LogP contribution in [0.4, 0.5) is 4.79 Å². The summed E-state index contributed by atoms with van der Waals surface area (Å²) in [4.78, 5) is 13.8. The van der Waals surface area contributed by atoms with Crippen molar-refractivity contribution >= 4 is 29.2 Å². The molecule has 0 unspecified atom stereocenters. The zero-order chi connectivity index (χ0) is 16.4. The minimum atomic E-state index is -0.137. The number of amides is 2. The smallest absolute Gasteiger partial charge is 0.317 e. The topological polar surface area (TPSA) is 50.8 Å². The molecule has 0 radical (unpaired) electrons. The number of methoxy groups -OCH3 is 2. The van der Waals surface area contributed by atoms with Gasteiger partial charge in [-0.25, -0.2) is 4.79 Å². The van der Waals surface area contributed by atoms with Gasteiger partial charge in [0.25, 0.3) is 0 Å². The molecule has 0 saturated heterocycles. The van der Waals surface area contributed by atoms with Crippen molar-refractivity contribution in [2.45, 2.75) is 6.42 Å². The molecule has 0 heterocycles. The van der Waals surface area contributed by atoms with Crippen LogP contribution in [0, 0.1) is 0 Å². The second-order valence-corrected chi connectivity index (χ2v) is 5.61. The number of ether oxygens (including phenoxy) is 2. The molecular formula is C15H22Cl2N2O3. The highest BCUT2D eigenvalue weighted by Gasteiger charge is 2.12. The molecule has 5 nitrogen and oxygen atoms in total. The summed E-state index contributed by atoms with van der Waals surface area (Å²) in [6.07, 6.45) is 0.661. The number of nitrogens with one attached hydrogen (secondary N) is 1. The molecule has 0 bridgehead atoms. The number of carbonyl (C=O) groups excluding carboxylic acids is 1. The number of hydrogen-bond acceptors (Lipinski definition) is 3. The van der Waals surface area contributed by atoms with Gasteiger partial charge >= 0.3 is 6.03 Å². The lowest BCUT2D eigenvalue weighted by molar-refractivity contribution is 0.122. The third kappa shape index (κ3) is 7.31. The van der Waals surface area contributed by atoms with Gasteiger partial charge in [-0.05, 0) is 30.2 Å². The van der Waals surface area contributed by atoms with E-state index in [2.05, 4.69) is 5.32 Å². The van der Waals surface area contributed by atoms with Crippen LogP contribution in [-0.2, 0) is 15.9 Å². The van der Waals surface area contributed by atoms with Crippen molar-refractivity contribution in [2.24, 2.45) is 0 Å². The molecule has 1 aromatic rings. The molecule has 0 aromatic heterocycles. The third-order valence-electron chi connectivity index (χ3n) is 3.03. The minimum absolute atomic E-state index is 0.137. The molecule has 0 aliphatic rings.